The van der Waals surface area contributed by atoms with Gasteiger partial charge in [-0.15, -0.1) is 0 Å². The Kier molecular flexibility index (Phi) is 5.82. The molecule has 0 saturated carbocycles. The Morgan fingerprint density at radius 2 is 1.57 bits per heavy atom. The Morgan fingerprint density at radius 3 is 2.00 bits per heavy atom. The highest BCUT2D eigenvalue weighted by Gasteiger charge is 2.49. The molecule has 152 valence electrons. The maximum absolute atomic E-state index is 12.7. The zero-order valence-electron chi connectivity index (χ0n) is 16.7. The van der Waals surface area contributed by atoms with Crippen molar-refractivity contribution in [2.45, 2.75) is 52.7 Å². The smallest absolute Gasteiger partial charge is 0.407 e. The van der Waals surface area contributed by atoms with Crippen LogP contribution in [-0.4, -0.2) is 52.1 Å². The van der Waals surface area contributed by atoms with Crippen LogP contribution in [0.1, 0.15) is 61.8 Å². The van der Waals surface area contributed by atoms with E-state index < -0.39 is 40.9 Å². The molecule has 0 radical (unpaired) electrons. The predicted molar refractivity (Wildman–Crippen MR) is 101 cm³/mol. The number of hydrogen-bond donors (Lipinski definition) is 2. The number of carbonyl (C=O) groups is 4. The van der Waals surface area contributed by atoms with E-state index in [1.807, 2.05) is 0 Å². The fraction of sp³-hybridized carbons (Fsp3) is 0.500. The van der Waals surface area contributed by atoms with Gasteiger partial charge in [-0.2, -0.15) is 0 Å². The molecule has 1 heterocycles. The molecular weight excluding hydrogens is 364 g/mol. The lowest BCUT2D eigenvalue weighted by molar-refractivity contribution is -0.145. The van der Waals surface area contributed by atoms with Crippen LogP contribution in [0.15, 0.2) is 24.3 Å². The summed E-state index contributed by atoms with van der Waals surface area (Å²) in [6.07, 6.45) is -0.396. The van der Waals surface area contributed by atoms with E-state index in [-0.39, 0.29) is 24.1 Å². The second-order valence-electron chi connectivity index (χ2n) is 8.43. The Bertz CT molecular complexity index is 774. The van der Waals surface area contributed by atoms with Crippen molar-refractivity contribution in [3.8, 4) is 0 Å². The van der Waals surface area contributed by atoms with Gasteiger partial charge in [0.25, 0.3) is 11.8 Å². The minimum Gasteiger partial charge on any atom is -0.480 e. The number of carboxylic acids is 1. The van der Waals surface area contributed by atoms with Gasteiger partial charge in [0, 0.05) is 6.54 Å². The van der Waals surface area contributed by atoms with Gasteiger partial charge in [-0.25, -0.2) is 9.59 Å². The third-order valence-corrected chi connectivity index (χ3v) is 4.50. The van der Waals surface area contributed by atoms with Gasteiger partial charge in [-0.1, -0.05) is 26.0 Å². The van der Waals surface area contributed by atoms with Crippen LogP contribution in [0.3, 0.4) is 0 Å². The summed E-state index contributed by atoms with van der Waals surface area (Å²) < 4.78 is 5.15. The topological polar surface area (TPSA) is 113 Å². The van der Waals surface area contributed by atoms with Crippen LogP contribution in [0.2, 0.25) is 0 Å². The lowest BCUT2D eigenvalue weighted by Gasteiger charge is -2.36. The quantitative estimate of drug-likeness (QED) is 0.722. The van der Waals surface area contributed by atoms with Crippen molar-refractivity contribution < 1.29 is 29.0 Å². The third-order valence-electron chi connectivity index (χ3n) is 4.50. The number of aliphatic carboxylic acids is 1. The summed E-state index contributed by atoms with van der Waals surface area (Å²) in [7, 11) is 0. The van der Waals surface area contributed by atoms with Gasteiger partial charge in [-0.05, 0) is 44.7 Å². The predicted octanol–water partition coefficient (Wildman–Crippen LogP) is 2.68. The molecule has 1 aliphatic rings. The van der Waals surface area contributed by atoms with Crippen LogP contribution >= 0.6 is 0 Å². The molecule has 2 N–H and O–H groups in total. The number of rotatable bonds is 6. The summed E-state index contributed by atoms with van der Waals surface area (Å²) in [4.78, 5) is 50.0. The molecule has 0 spiro atoms. The Hall–Kier alpha value is -2.90. The number of alkyl carbamates (subject to hydrolysis) is 1. The summed E-state index contributed by atoms with van der Waals surface area (Å²) in [5.74, 6) is -2.53. The maximum Gasteiger partial charge on any atom is 0.407 e. The molecule has 0 aliphatic carbocycles. The number of carboxylic acid groups (broad SMARTS) is 1. The lowest BCUT2D eigenvalue weighted by atomic mass is 9.80. The zero-order valence-corrected chi connectivity index (χ0v) is 16.7. The van der Waals surface area contributed by atoms with E-state index in [0.717, 1.165) is 4.90 Å². The maximum atomic E-state index is 12.7. The minimum atomic E-state index is -1.37. The highest BCUT2D eigenvalue weighted by Crippen LogP contribution is 2.34. The van der Waals surface area contributed by atoms with Gasteiger partial charge in [0.15, 0.2) is 0 Å². The van der Waals surface area contributed by atoms with Crippen LogP contribution in [-0.2, 0) is 9.53 Å². The number of ether oxygens (including phenoxy) is 1. The molecule has 1 aromatic carbocycles. The number of imide groups is 1. The number of nitrogens with zero attached hydrogens (tertiary/aromatic N) is 1. The second kappa shape index (κ2) is 7.61. The average Bonchev–Trinajstić information content (AvgIpc) is 2.78. The SMILES string of the molecule is CC(C)(C)OC(=O)NCCC(C)(C)C(C(=O)O)N1C(=O)c2ccccc2C1=O. The van der Waals surface area contributed by atoms with Crippen molar-refractivity contribution in [3.05, 3.63) is 35.4 Å². The monoisotopic (exact) mass is 390 g/mol. The van der Waals surface area contributed by atoms with Crippen molar-refractivity contribution in [2.24, 2.45) is 5.41 Å². The van der Waals surface area contributed by atoms with E-state index in [2.05, 4.69) is 5.32 Å². The molecule has 3 amide bonds. The normalized spacial score (nSPS) is 15.2. The average molecular weight is 390 g/mol. The molecule has 1 atom stereocenters. The standard InChI is InChI=1S/C20H26N2O6/c1-19(2,3)28-18(27)21-11-10-20(4,5)14(17(25)26)22-15(23)12-8-6-7-9-13(12)16(22)24/h6-9,14H,10-11H2,1-5H3,(H,21,27)(H,25,26). The molecule has 0 aromatic heterocycles. The molecule has 28 heavy (non-hydrogen) atoms. The summed E-state index contributed by atoms with van der Waals surface area (Å²) in [5, 5.41) is 12.4. The van der Waals surface area contributed by atoms with E-state index in [1.165, 1.54) is 12.1 Å². The number of amides is 3. The van der Waals surface area contributed by atoms with Crippen LogP contribution in [0.25, 0.3) is 0 Å². The molecule has 0 bridgehead atoms. The highest BCUT2D eigenvalue weighted by molar-refractivity contribution is 6.22. The van der Waals surface area contributed by atoms with Gasteiger partial charge < -0.3 is 15.2 Å². The van der Waals surface area contributed by atoms with Crippen molar-refractivity contribution in [1.82, 2.24) is 10.2 Å². The molecule has 0 fully saturated rings. The van der Waals surface area contributed by atoms with Crippen molar-refractivity contribution in [3.63, 3.8) is 0 Å². The fourth-order valence-electron chi connectivity index (χ4n) is 3.17. The molecule has 8 heteroatoms. The number of carbonyl (C=O) groups excluding carboxylic acids is 3. The van der Waals surface area contributed by atoms with Crippen LogP contribution in [0.4, 0.5) is 4.79 Å². The first-order valence-electron chi connectivity index (χ1n) is 9.02. The zero-order chi connectivity index (χ0) is 21.3. The van der Waals surface area contributed by atoms with Crippen LogP contribution in [0.5, 0.6) is 0 Å². The van der Waals surface area contributed by atoms with E-state index in [1.54, 1.807) is 46.8 Å². The molecule has 1 aromatic rings. The van der Waals surface area contributed by atoms with E-state index in [0.29, 0.717) is 0 Å². The summed E-state index contributed by atoms with van der Waals surface area (Å²) in [6.45, 7) is 8.63. The first-order valence-corrected chi connectivity index (χ1v) is 9.02. The lowest BCUT2D eigenvalue weighted by Crippen LogP contribution is -2.53. The molecular formula is C20H26N2O6. The minimum absolute atomic E-state index is 0.134. The number of hydrogen-bond acceptors (Lipinski definition) is 5. The van der Waals surface area contributed by atoms with Gasteiger partial charge >= 0.3 is 12.1 Å². The molecule has 1 aliphatic heterocycles. The first-order chi connectivity index (χ1) is 12.8. The Morgan fingerprint density at radius 1 is 1.07 bits per heavy atom. The molecule has 0 saturated heterocycles. The number of benzene rings is 1. The summed E-state index contributed by atoms with van der Waals surface area (Å²) >= 11 is 0. The van der Waals surface area contributed by atoms with Gasteiger partial charge in [0.1, 0.15) is 11.6 Å². The Balaban J connectivity index is 2.15. The highest BCUT2D eigenvalue weighted by atomic mass is 16.6. The van der Waals surface area contributed by atoms with E-state index in [4.69, 9.17) is 4.74 Å². The molecule has 2 rings (SSSR count). The number of nitrogens with one attached hydrogen (secondary N) is 1. The second-order valence-corrected chi connectivity index (χ2v) is 8.43. The third kappa shape index (κ3) is 4.49. The van der Waals surface area contributed by atoms with E-state index in [9.17, 15) is 24.3 Å². The molecule has 8 nitrogen and oxygen atoms in total. The first kappa shape index (κ1) is 21.4. The van der Waals surface area contributed by atoms with E-state index >= 15 is 0 Å². The number of fused-ring (bicyclic) bond motifs is 1. The fourth-order valence-corrected chi connectivity index (χ4v) is 3.17. The van der Waals surface area contributed by atoms with Gasteiger partial charge in [-0.3, -0.25) is 14.5 Å². The van der Waals surface area contributed by atoms with Crippen molar-refractivity contribution in [1.29, 1.82) is 0 Å². The van der Waals surface area contributed by atoms with Crippen LogP contribution < -0.4 is 5.32 Å². The van der Waals surface area contributed by atoms with Crippen molar-refractivity contribution >= 4 is 23.9 Å². The van der Waals surface area contributed by atoms with Crippen LogP contribution in [0, 0.1) is 5.41 Å². The summed E-state index contributed by atoms with van der Waals surface area (Å²) in [6, 6.07) is 4.88. The molecule has 1 unspecified atom stereocenters. The largest absolute Gasteiger partial charge is 0.480 e. The summed E-state index contributed by atoms with van der Waals surface area (Å²) in [5.41, 5.74) is -1.25. The van der Waals surface area contributed by atoms with Gasteiger partial charge in [0.05, 0.1) is 11.1 Å². The van der Waals surface area contributed by atoms with Gasteiger partial charge in [0.2, 0.25) is 0 Å². The van der Waals surface area contributed by atoms with Crippen molar-refractivity contribution in [2.75, 3.05) is 6.54 Å². The Labute approximate surface area is 163 Å².